The number of benzene rings is 2. The summed E-state index contributed by atoms with van der Waals surface area (Å²) < 4.78 is 34.0. The molecule has 0 atom stereocenters. The number of hydrogen-bond acceptors (Lipinski definition) is 5. The fourth-order valence-electron chi connectivity index (χ4n) is 4.43. The number of rotatable bonds is 6. The molecule has 1 saturated heterocycles. The molecule has 0 aromatic heterocycles. The number of ether oxygens (including phenoxy) is 1. The first-order chi connectivity index (χ1) is 15.8. The molecule has 4 rings (SSSR count). The number of likely N-dealkylation sites (tertiary alicyclic amines) is 1. The molecule has 1 fully saturated rings. The predicted molar refractivity (Wildman–Crippen MR) is 122 cm³/mol. The van der Waals surface area contributed by atoms with Crippen molar-refractivity contribution in [3.05, 3.63) is 65.4 Å². The Labute approximate surface area is 192 Å². The van der Waals surface area contributed by atoms with Crippen molar-refractivity contribution in [1.29, 1.82) is 0 Å². The van der Waals surface area contributed by atoms with Crippen LogP contribution in [-0.4, -0.2) is 61.4 Å². The molecule has 33 heavy (non-hydrogen) atoms. The summed E-state index contributed by atoms with van der Waals surface area (Å²) in [5, 5.41) is 0. The number of piperidine rings is 1. The van der Waals surface area contributed by atoms with Gasteiger partial charge in [-0.15, -0.1) is 0 Å². The van der Waals surface area contributed by atoms with E-state index in [4.69, 9.17) is 4.74 Å². The van der Waals surface area contributed by atoms with E-state index in [9.17, 15) is 18.4 Å². The number of imide groups is 1. The molecule has 2 aliphatic heterocycles. The summed E-state index contributed by atoms with van der Waals surface area (Å²) >= 11 is 0. The largest absolute Gasteiger partial charge is 0.494 e. The third-order valence-electron chi connectivity index (χ3n) is 6.25. The van der Waals surface area contributed by atoms with E-state index in [1.165, 1.54) is 0 Å². The van der Waals surface area contributed by atoms with Crippen molar-refractivity contribution < 1.29 is 23.1 Å². The average molecular weight is 456 g/mol. The Morgan fingerprint density at radius 1 is 1.03 bits per heavy atom. The van der Waals surface area contributed by atoms with Gasteiger partial charge in [-0.2, -0.15) is 0 Å². The van der Waals surface area contributed by atoms with Crippen LogP contribution in [0.1, 0.15) is 25.3 Å². The lowest BCUT2D eigenvalue weighted by atomic mass is 10.00. The van der Waals surface area contributed by atoms with Gasteiger partial charge in [-0.3, -0.25) is 9.59 Å². The number of likely N-dealkylation sites (N-methyl/N-ethyl adjacent to an activating group) is 1. The minimum Gasteiger partial charge on any atom is -0.494 e. The molecule has 2 aromatic rings. The fraction of sp³-hybridized carbons (Fsp3) is 0.360. The highest BCUT2D eigenvalue weighted by molar-refractivity contribution is 6.45. The fourth-order valence-corrected chi connectivity index (χ4v) is 4.43. The molecule has 0 aliphatic carbocycles. The van der Waals surface area contributed by atoms with Crippen molar-refractivity contribution in [2.24, 2.45) is 0 Å². The molecular weight excluding hydrogens is 428 g/mol. The molecule has 0 saturated carbocycles. The average Bonchev–Trinajstić information content (AvgIpc) is 3.06. The van der Waals surface area contributed by atoms with E-state index >= 15 is 0 Å². The second kappa shape index (κ2) is 9.31. The molecule has 2 amide bonds. The van der Waals surface area contributed by atoms with Crippen LogP contribution in [0.15, 0.2) is 48.2 Å². The molecule has 2 aliphatic rings. The number of hydrogen-bond donors (Lipinski definition) is 0. The van der Waals surface area contributed by atoms with Crippen molar-refractivity contribution in [1.82, 2.24) is 9.80 Å². The third kappa shape index (κ3) is 4.35. The van der Waals surface area contributed by atoms with Gasteiger partial charge in [0, 0.05) is 19.2 Å². The highest BCUT2D eigenvalue weighted by Gasteiger charge is 2.44. The maximum atomic E-state index is 14.6. The molecule has 8 heteroatoms. The van der Waals surface area contributed by atoms with Gasteiger partial charge < -0.3 is 14.5 Å². The molecule has 0 bridgehead atoms. The lowest BCUT2D eigenvalue weighted by Crippen LogP contribution is -2.43. The van der Waals surface area contributed by atoms with Gasteiger partial charge in [-0.25, -0.2) is 13.7 Å². The van der Waals surface area contributed by atoms with E-state index in [0.717, 1.165) is 49.0 Å². The number of nitrogens with zero attached hydrogens (tertiary/aromatic N) is 3. The first-order valence-corrected chi connectivity index (χ1v) is 11.0. The predicted octanol–water partition coefficient (Wildman–Crippen LogP) is 3.67. The maximum absolute atomic E-state index is 14.6. The zero-order valence-corrected chi connectivity index (χ0v) is 19.0. The number of amides is 2. The molecule has 2 heterocycles. The summed E-state index contributed by atoms with van der Waals surface area (Å²) in [6, 6.07) is 9.65. The van der Waals surface area contributed by atoms with Crippen molar-refractivity contribution in [2.45, 2.75) is 25.8 Å². The Morgan fingerprint density at radius 2 is 1.70 bits per heavy atom. The van der Waals surface area contributed by atoms with Gasteiger partial charge in [-0.05, 0) is 69.7 Å². The topological polar surface area (TPSA) is 53.1 Å². The number of carbonyl (C=O) groups excluding carboxylic acids is 2. The number of carbonyl (C=O) groups is 2. The lowest BCUT2D eigenvalue weighted by molar-refractivity contribution is -0.120. The van der Waals surface area contributed by atoms with Gasteiger partial charge in [0.1, 0.15) is 23.1 Å². The Balaban J connectivity index is 1.79. The zero-order valence-electron chi connectivity index (χ0n) is 19.0. The second-order valence-corrected chi connectivity index (χ2v) is 8.37. The summed E-state index contributed by atoms with van der Waals surface area (Å²) in [5.74, 6) is -2.27. The van der Waals surface area contributed by atoms with Crippen molar-refractivity contribution in [3.8, 4) is 5.75 Å². The summed E-state index contributed by atoms with van der Waals surface area (Å²) in [6.45, 7) is 4.10. The standard InChI is InChI=1S/C25H27F2N3O3/c1-4-33-19-8-5-16(6-9-19)22-23(29(3)18-11-13-28(2)14-12-18)25(32)30(24(22)31)21-15-17(26)7-10-20(21)27/h5-10,15,18H,4,11-14H2,1-3H3. The smallest absolute Gasteiger partial charge is 0.282 e. The van der Waals surface area contributed by atoms with E-state index in [-0.39, 0.29) is 23.0 Å². The second-order valence-electron chi connectivity index (χ2n) is 8.37. The summed E-state index contributed by atoms with van der Waals surface area (Å²) in [5.41, 5.74) is 0.501. The van der Waals surface area contributed by atoms with Crippen LogP contribution in [0, 0.1) is 11.6 Å². The minimum absolute atomic E-state index is 0.0444. The Kier molecular flexibility index (Phi) is 6.47. The highest BCUT2D eigenvalue weighted by Crippen LogP contribution is 2.37. The van der Waals surface area contributed by atoms with Crippen LogP contribution in [-0.2, 0) is 9.59 Å². The van der Waals surface area contributed by atoms with E-state index in [1.807, 2.05) is 18.9 Å². The Hall–Kier alpha value is -3.26. The van der Waals surface area contributed by atoms with Crippen LogP contribution in [0.5, 0.6) is 5.75 Å². The van der Waals surface area contributed by atoms with E-state index in [1.54, 1.807) is 31.3 Å². The SMILES string of the molecule is CCOc1ccc(C2=C(N(C)C3CCN(C)CC3)C(=O)N(c3cc(F)ccc3F)C2=O)cc1. The van der Waals surface area contributed by atoms with Crippen LogP contribution in [0.2, 0.25) is 0 Å². The Morgan fingerprint density at radius 3 is 2.33 bits per heavy atom. The van der Waals surface area contributed by atoms with Crippen molar-refractivity contribution in [3.63, 3.8) is 0 Å². The van der Waals surface area contributed by atoms with Crippen LogP contribution in [0.4, 0.5) is 14.5 Å². The molecule has 6 nitrogen and oxygen atoms in total. The van der Waals surface area contributed by atoms with Crippen LogP contribution >= 0.6 is 0 Å². The van der Waals surface area contributed by atoms with E-state index < -0.39 is 23.4 Å². The van der Waals surface area contributed by atoms with Gasteiger partial charge in [0.2, 0.25) is 0 Å². The quantitative estimate of drug-likeness (QED) is 0.622. The van der Waals surface area contributed by atoms with Crippen molar-refractivity contribution in [2.75, 3.05) is 38.7 Å². The van der Waals surface area contributed by atoms with Crippen molar-refractivity contribution >= 4 is 23.1 Å². The third-order valence-corrected chi connectivity index (χ3v) is 6.25. The molecule has 0 N–H and O–H groups in total. The van der Waals surface area contributed by atoms with Gasteiger partial charge >= 0.3 is 0 Å². The molecule has 0 spiro atoms. The molecule has 0 radical (unpaired) electrons. The summed E-state index contributed by atoms with van der Waals surface area (Å²) in [6.07, 6.45) is 1.64. The Bertz CT molecular complexity index is 1090. The van der Waals surface area contributed by atoms with E-state index in [0.29, 0.717) is 17.9 Å². The van der Waals surface area contributed by atoms with Crippen LogP contribution in [0.25, 0.3) is 5.57 Å². The maximum Gasteiger partial charge on any atom is 0.282 e. The molecular formula is C25H27F2N3O3. The number of anilines is 1. The van der Waals surface area contributed by atoms with E-state index in [2.05, 4.69) is 4.90 Å². The lowest BCUT2D eigenvalue weighted by Gasteiger charge is -2.36. The first-order valence-electron chi connectivity index (χ1n) is 11.0. The summed E-state index contributed by atoms with van der Waals surface area (Å²) in [7, 11) is 3.83. The molecule has 174 valence electrons. The van der Waals surface area contributed by atoms with Gasteiger partial charge in [-0.1, -0.05) is 12.1 Å². The van der Waals surface area contributed by atoms with Gasteiger partial charge in [0.25, 0.3) is 11.8 Å². The zero-order chi connectivity index (χ0) is 23.7. The first kappa shape index (κ1) is 22.9. The van der Waals surface area contributed by atoms with Gasteiger partial charge in [0.05, 0.1) is 17.9 Å². The highest BCUT2D eigenvalue weighted by atomic mass is 19.1. The number of halogens is 2. The van der Waals surface area contributed by atoms with Crippen LogP contribution in [0.3, 0.4) is 0 Å². The molecule has 0 unspecified atom stereocenters. The van der Waals surface area contributed by atoms with Gasteiger partial charge in [0.15, 0.2) is 0 Å². The molecule has 2 aromatic carbocycles. The normalized spacial score (nSPS) is 17.8. The summed E-state index contributed by atoms with van der Waals surface area (Å²) in [4.78, 5) is 31.9. The minimum atomic E-state index is -0.840. The monoisotopic (exact) mass is 455 g/mol. The van der Waals surface area contributed by atoms with Crippen LogP contribution < -0.4 is 9.64 Å².